The number of nitrogens with zero attached hydrogens (tertiary/aromatic N) is 1. The van der Waals surface area contributed by atoms with Crippen LogP contribution in [-0.4, -0.2) is 22.7 Å². The highest BCUT2D eigenvalue weighted by molar-refractivity contribution is 7.86. The molecule has 2 rings (SSSR count). The van der Waals surface area contributed by atoms with Gasteiger partial charge in [0.2, 0.25) is 0 Å². The Morgan fingerprint density at radius 3 is 2.78 bits per heavy atom. The molecule has 2 unspecified atom stereocenters. The molecule has 0 amide bonds. The van der Waals surface area contributed by atoms with E-state index in [0.717, 1.165) is 6.42 Å². The van der Waals surface area contributed by atoms with Crippen LogP contribution in [0.25, 0.3) is 0 Å². The summed E-state index contributed by atoms with van der Waals surface area (Å²) in [6, 6.07) is 7.29. The molecule has 0 aliphatic carbocycles. The summed E-state index contributed by atoms with van der Waals surface area (Å²) < 4.78 is 23.2. The minimum atomic E-state index is -1.32. The van der Waals surface area contributed by atoms with E-state index in [0.29, 0.717) is 36.0 Å². The number of rotatable bonds is 3. The predicted octanol–water partition coefficient (Wildman–Crippen LogP) is 2.26. The molecule has 0 spiro atoms. The number of hydrogen-bond acceptors (Lipinski definition) is 4. The van der Waals surface area contributed by atoms with Crippen molar-refractivity contribution in [3.8, 4) is 17.6 Å². The lowest BCUT2D eigenvalue weighted by Crippen LogP contribution is -2.11. The maximum atomic E-state index is 12.2. The second-order valence-electron chi connectivity index (χ2n) is 3.98. The van der Waals surface area contributed by atoms with Gasteiger partial charge in [0.1, 0.15) is 5.25 Å². The number of benzene rings is 1. The third-order valence-electron chi connectivity index (χ3n) is 2.72. The third-order valence-corrected chi connectivity index (χ3v) is 4.40. The Labute approximate surface area is 109 Å². The SMILES string of the molecule is CCC(C#N)S(=O)c1ccc2c(c1)OCCCO2. The minimum absolute atomic E-state index is 0.477. The zero-order valence-electron chi connectivity index (χ0n) is 10.2. The highest BCUT2D eigenvalue weighted by Crippen LogP contribution is 2.32. The summed E-state index contributed by atoms with van der Waals surface area (Å²) in [5.74, 6) is 1.30. The molecule has 0 saturated heterocycles. The Morgan fingerprint density at radius 2 is 2.11 bits per heavy atom. The van der Waals surface area contributed by atoms with Crippen molar-refractivity contribution in [1.29, 1.82) is 5.26 Å². The van der Waals surface area contributed by atoms with Gasteiger partial charge in [-0.3, -0.25) is 4.21 Å². The molecule has 1 heterocycles. The summed E-state index contributed by atoms with van der Waals surface area (Å²) in [6.45, 7) is 3.08. The van der Waals surface area contributed by atoms with Gasteiger partial charge < -0.3 is 9.47 Å². The van der Waals surface area contributed by atoms with Gasteiger partial charge in [0.25, 0.3) is 0 Å². The largest absolute Gasteiger partial charge is 0.490 e. The van der Waals surface area contributed by atoms with Gasteiger partial charge in [-0.05, 0) is 18.6 Å². The first kappa shape index (κ1) is 12.9. The molecule has 2 atom stereocenters. The maximum Gasteiger partial charge on any atom is 0.162 e. The van der Waals surface area contributed by atoms with E-state index in [2.05, 4.69) is 6.07 Å². The van der Waals surface area contributed by atoms with Crippen LogP contribution in [0.4, 0.5) is 0 Å². The Bertz CT molecular complexity index is 495. The second kappa shape index (κ2) is 5.87. The van der Waals surface area contributed by atoms with E-state index >= 15 is 0 Å². The molecular weight excluding hydrogens is 250 g/mol. The van der Waals surface area contributed by atoms with Crippen LogP contribution in [0.1, 0.15) is 19.8 Å². The van der Waals surface area contributed by atoms with Crippen LogP contribution in [0.5, 0.6) is 11.5 Å². The maximum absolute atomic E-state index is 12.2. The van der Waals surface area contributed by atoms with Gasteiger partial charge >= 0.3 is 0 Å². The molecule has 1 aromatic rings. The summed E-state index contributed by atoms with van der Waals surface area (Å²) in [5.41, 5.74) is 0. The second-order valence-corrected chi connectivity index (χ2v) is 5.62. The van der Waals surface area contributed by atoms with E-state index in [1.165, 1.54) is 0 Å². The van der Waals surface area contributed by atoms with E-state index in [1.807, 2.05) is 6.92 Å². The van der Waals surface area contributed by atoms with Crippen molar-refractivity contribution in [3.05, 3.63) is 18.2 Å². The fraction of sp³-hybridized carbons (Fsp3) is 0.462. The number of nitriles is 1. The minimum Gasteiger partial charge on any atom is -0.490 e. The van der Waals surface area contributed by atoms with Crippen molar-refractivity contribution in [2.45, 2.75) is 29.9 Å². The molecule has 0 aromatic heterocycles. The first-order chi connectivity index (χ1) is 8.76. The van der Waals surface area contributed by atoms with Gasteiger partial charge in [-0.2, -0.15) is 5.26 Å². The molecule has 4 nitrogen and oxygen atoms in total. The quantitative estimate of drug-likeness (QED) is 0.841. The van der Waals surface area contributed by atoms with E-state index in [-0.39, 0.29) is 0 Å². The van der Waals surface area contributed by atoms with E-state index in [4.69, 9.17) is 14.7 Å². The molecule has 0 N–H and O–H groups in total. The summed E-state index contributed by atoms with van der Waals surface area (Å²) in [5, 5.41) is 8.47. The molecule has 0 radical (unpaired) electrons. The average molecular weight is 265 g/mol. The molecule has 1 aliphatic rings. The summed E-state index contributed by atoms with van der Waals surface area (Å²) >= 11 is 0. The van der Waals surface area contributed by atoms with Gasteiger partial charge in [0.15, 0.2) is 11.5 Å². The lowest BCUT2D eigenvalue weighted by atomic mass is 10.3. The van der Waals surface area contributed by atoms with Crippen molar-refractivity contribution in [2.24, 2.45) is 0 Å². The lowest BCUT2D eigenvalue weighted by molar-refractivity contribution is 0.297. The fourth-order valence-corrected chi connectivity index (χ4v) is 2.88. The van der Waals surface area contributed by atoms with Crippen LogP contribution < -0.4 is 9.47 Å². The van der Waals surface area contributed by atoms with Crippen molar-refractivity contribution in [3.63, 3.8) is 0 Å². The Balaban J connectivity index is 2.28. The first-order valence-electron chi connectivity index (χ1n) is 5.96. The fourth-order valence-electron chi connectivity index (χ4n) is 1.72. The van der Waals surface area contributed by atoms with Crippen molar-refractivity contribution < 1.29 is 13.7 Å². The van der Waals surface area contributed by atoms with E-state index in [9.17, 15) is 4.21 Å². The van der Waals surface area contributed by atoms with Crippen LogP contribution in [0, 0.1) is 11.3 Å². The van der Waals surface area contributed by atoms with E-state index < -0.39 is 16.0 Å². The van der Waals surface area contributed by atoms with Gasteiger partial charge in [0.05, 0.1) is 30.1 Å². The Morgan fingerprint density at radius 1 is 1.39 bits per heavy atom. The van der Waals surface area contributed by atoms with Gasteiger partial charge in [-0.25, -0.2) is 0 Å². The summed E-state index contributed by atoms with van der Waals surface area (Å²) in [4.78, 5) is 0.618. The molecule has 1 aromatic carbocycles. The normalized spacial score (nSPS) is 17.3. The molecule has 0 saturated carbocycles. The van der Waals surface area contributed by atoms with Crippen LogP contribution in [0.15, 0.2) is 23.1 Å². The van der Waals surface area contributed by atoms with Crippen molar-refractivity contribution in [2.75, 3.05) is 13.2 Å². The van der Waals surface area contributed by atoms with Gasteiger partial charge in [-0.15, -0.1) is 0 Å². The van der Waals surface area contributed by atoms with Crippen LogP contribution in [0.3, 0.4) is 0 Å². The highest BCUT2D eigenvalue weighted by atomic mass is 32.2. The molecular formula is C13H15NO3S. The summed E-state index contributed by atoms with van der Waals surface area (Å²) in [6.07, 6.45) is 1.40. The van der Waals surface area contributed by atoms with Gasteiger partial charge in [0, 0.05) is 17.4 Å². The third kappa shape index (κ3) is 2.65. The number of ether oxygens (including phenoxy) is 2. The van der Waals surface area contributed by atoms with Crippen LogP contribution in [0.2, 0.25) is 0 Å². The zero-order valence-corrected chi connectivity index (χ0v) is 11.0. The smallest absolute Gasteiger partial charge is 0.162 e. The monoisotopic (exact) mass is 265 g/mol. The van der Waals surface area contributed by atoms with Crippen molar-refractivity contribution >= 4 is 10.8 Å². The van der Waals surface area contributed by atoms with Crippen LogP contribution >= 0.6 is 0 Å². The first-order valence-corrected chi connectivity index (χ1v) is 7.17. The molecule has 1 aliphatic heterocycles. The zero-order chi connectivity index (χ0) is 13.0. The van der Waals surface area contributed by atoms with Crippen molar-refractivity contribution in [1.82, 2.24) is 0 Å². The Kier molecular flexibility index (Phi) is 4.21. The Hall–Kier alpha value is -1.54. The molecule has 96 valence electrons. The van der Waals surface area contributed by atoms with Gasteiger partial charge in [-0.1, -0.05) is 6.92 Å². The highest BCUT2D eigenvalue weighted by Gasteiger charge is 2.18. The number of fused-ring (bicyclic) bond motifs is 1. The molecule has 5 heteroatoms. The standard InChI is InChI=1S/C13H15NO3S/c1-2-10(9-14)18(15)11-4-5-12-13(8-11)17-7-3-6-16-12/h4-5,8,10H,2-3,6-7H2,1H3. The molecule has 0 bridgehead atoms. The van der Waals surface area contributed by atoms with E-state index in [1.54, 1.807) is 18.2 Å². The average Bonchev–Trinajstić information content (AvgIpc) is 2.64. The van der Waals surface area contributed by atoms with Crippen LogP contribution in [-0.2, 0) is 10.8 Å². The predicted molar refractivity (Wildman–Crippen MR) is 68.1 cm³/mol. The molecule has 18 heavy (non-hydrogen) atoms. The lowest BCUT2D eigenvalue weighted by Gasteiger charge is -2.10. The summed E-state index contributed by atoms with van der Waals surface area (Å²) in [7, 11) is -1.32. The topological polar surface area (TPSA) is 59.3 Å². The molecule has 0 fully saturated rings. The number of hydrogen-bond donors (Lipinski definition) is 0.